The first-order chi connectivity index (χ1) is 5.35. The maximum Gasteiger partial charge on any atom is 0.0790 e. The van der Waals surface area contributed by atoms with Gasteiger partial charge in [0.25, 0.3) is 0 Å². The number of rotatable bonds is 7. The van der Waals surface area contributed by atoms with E-state index in [9.17, 15) is 0 Å². The van der Waals surface area contributed by atoms with Crippen molar-refractivity contribution in [3.63, 3.8) is 0 Å². The number of hydrogen-bond acceptors (Lipinski definition) is 1. The Morgan fingerprint density at radius 3 is 1.82 bits per heavy atom. The third-order valence-electron chi connectivity index (χ3n) is 1.89. The molecule has 0 heterocycles. The van der Waals surface area contributed by atoms with E-state index in [-0.39, 0.29) is 6.10 Å². The Morgan fingerprint density at radius 1 is 1.09 bits per heavy atom. The highest BCUT2D eigenvalue weighted by atomic mass is 35.5. The van der Waals surface area contributed by atoms with E-state index in [0.29, 0.717) is 0 Å². The molecule has 2 heteroatoms. The summed E-state index contributed by atoms with van der Waals surface area (Å²) in [4.78, 5) is 0. The first-order valence-electron chi connectivity index (χ1n) is 4.62. The molecule has 0 saturated carbocycles. The fraction of sp³-hybridized carbons (Fsp3) is 1.00. The predicted octanol–water partition coefficient (Wildman–Crippen LogP) is 3.91. The van der Waals surface area contributed by atoms with Crippen molar-refractivity contribution in [1.82, 2.24) is 0 Å². The second-order valence-electron chi connectivity index (χ2n) is 3.00. The molecule has 0 atom stereocenters. The summed E-state index contributed by atoms with van der Waals surface area (Å²) in [5.74, 6) is 0. The van der Waals surface area contributed by atoms with Gasteiger partial charge >= 0.3 is 0 Å². The first kappa shape index (κ1) is 11.2. The van der Waals surface area contributed by atoms with Gasteiger partial charge in [-0.25, -0.2) is 0 Å². The van der Waals surface area contributed by atoms with Crippen molar-refractivity contribution in [3.8, 4) is 0 Å². The quantitative estimate of drug-likeness (QED) is 0.575. The van der Waals surface area contributed by atoms with Gasteiger partial charge in [-0.05, 0) is 12.8 Å². The lowest BCUT2D eigenvalue weighted by Gasteiger charge is -2.11. The van der Waals surface area contributed by atoms with E-state index < -0.39 is 0 Å². The van der Waals surface area contributed by atoms with E-state index in [4.69, 9.17) is 16.2 Å². The van der Waals surface area contributed by atoms with Crippen molar-refractivity contribution in [3.05, 3.63) is 0 Å². The minimum absolute atomic E-state index is 0.288. The lowest BCUT2D eigenvalue weighted by Crippen LogP contribution is -2.07. The lowest BCUT2D eigenvalue weighted by molar-refractivity contribution is 0.193. The number of halogens is 1. The molecule has 0 bridgehead atoms. The van der Waals surface area contributed by atoms with E-state index in [0.717, 1.165) is 12.8 Å². The third kappa shape index (κ3) is 6.64. The standard InChI is InChI=1S/C9H19ClO/c1-3-5-7-9(11-10)8-6-4-2/h9H,3-8H2,1-2H3. The zero-order valence-electron chi connectivity index (χ0n) is 7.61. The van der Waals surface area contributed by atoms with Gasteiger partial charge in [-0.2, -0.15) is 0 Å². The molecule has 0 radical (unpaired) electrons. The van der Waals surface area contributed by atoms with Gasteiger partial charge in [0.1, 0.15) is 0 Å². The summed E-state index contributed by atoms with van der Waals surface area (Å²) in [6, 6.07) is 0. The third-order valence-corrected chi connectivity index (χ3v) is 2.14. The molecule has 1 nitrogen and oxygen atoms in total. The smallest absolute Gasteiger partial charge is 0.0790 e. The fourth-order valence-corrected chi connectivity index (χ4v) is 1.28. The highest BCUT2D eigenvalue weighted by Crippen LogP contribution is 2.13. The van der Waals surface area contributed by atoms with Gasteiger partial charge in [0.15, 0.2) is 0 Å². The first-order valence-corrected chi connectivity index (χ1v) is 4.93. The SMILES string of the molecule is CCCCC(CCCC)OCl. The van der Waals surface area contributed by atoms with Gasteiger partial charge in [-0.1, -0.05) is 39.5 Å². The van der Waals surface area contributed by atoms with Gasteiger partial charge in [-0.15, -0.1) is 0 Å². The molecule has 0 aromatic rings. The zero-order chi connectivity index (χ0) is 8.53. The van der Waals surface area contributed by atoms with Crippen molar-refractivity contribution >= 4 is 11.9 Å². The highest BCUT2D eigenvalue weighted by Gasteiger charge is 2.06. The molecule has 0 fully saturated rings. The summed E-state index contributed by atoms with van der Waals surface area (Å²) < 4.78 is 4.83. The minimum atomic E-state index is 0.288. The summed E-state index contributed by atoms with van der Waals surface area (Å²) in [5, 5.41) is 0. The molecular weight excluding hydrogens is 160 g/mol. The molecule has 0 N–H and O–H groups in total. The van der Waals surface area contributed by atoms with Crippen molar-refractivity contribution in [2.75, 3.05) is 0 Å². The monoisotopic (exact) mass is 178 g/mol. The maximum absolute atomic E-state index is 5.34. The normalized spacial score (nSPS) is 10.9. The van der Waals surface area contributed by atoms with E-state index in [1.807, 2.05) is 0 Å². The molecule has 0 aromatic heterocycles. The van der Waals surface area contributed by atoms with Crippen LogP contribution in [0.25, 0.3) is 0 Å². The van der Waals surface area contributed by atoms with E-state index in [1.54, 1.807) is 0 Å². The van der Waals surface area contributed by atoms with E-state index in [1.165, 1.54) is 25.7 Å². The van der Waals surface area contributed by atoms with E-state index in [2.05, 4.69) is 13.8 Å². The van der Waals surface area contributed by atoms with Crippen LogP contribution in [-0.4, -0.2) is 6.10 Å². The van der Waals surface area contributed by atoms with Crippen LogP contribution in [0.1, 0.15) is 52.4 Å². The molecule has 0 rings (SSSR count). The minimum Gasteiger partial charge on any atom is -0.276 e. The van der Waals surface area contributed by atoms with Crippen LogP contribution < -0.4 is 0 Å². The summed E-state index contributed by atoms with van der Waals surface area (Å²) in [6.45, 7) is 4.37. The molecule has 0 spiro atoms. The van der Waals surface area contributed by atoms with Gasteiger partial charge in [-0.3, -0.25) is 4.29 Å². The summed E-state index contributed by atoms with van der Waals surface area (Å²) in [7, 11) is 0. The molecule has 0 aromatic carbocycles. The Balaban J connectivity index is 3.25. The molecule has 0 amide bonds. The molecular formula is C9H19ClO. The summed E-state index contributed by atoms with van der Waals surface area (Å²) in [5.41, 5.74) is 0. The Morgan fingerprint density at radius 2 is 1.55 bits per heavy atom. The second kappa shape index (κ2) is 8.35. The van der Waals surface area contributed by atoms with Crippen molar-refractivity contribution in [2.24, 2.45) is 0 Å². The van der Waals surface area contributed by atoms with Crippen LogP contribution in [0, 0.1) is 0 Å². The van der Waals surface area contributed by atoms with Crippen LogP contribution in [0.15, 0.2) is 0 Å². The zero-order valence-corrected chi connectivity index (χ0v) is 8.36. The van der Waals surface area contributed by atoms with Crippen molar-refractivity contribution in [1.29, 1.82) is 0 Å². The lowest BCUT2D eigenvalue weighted by atomic mass is 10.1. The Hall–Kier alpha value is 0.250. The largest absolute Gasteiger partial charge is 0.276 e. The Kier molecular flexibility index (Phi) is 8.54. The number of hydrogen-bond donors (Lipinski definition) is 0. The molecule has 0 aliphatic heterocycles. The van der Waals surface area contributed by atoms with Crippen LogP contribution in [0.2, 0.25) is 0 Å². The summed E-state index contributed by atoms with van der Waals surface area (Å²) in [6.07, 6.45) is 7.41. The van der Waals surface area contributed by atoms with Crippen LogP contribution >= 0.6 is 11.9 Å². The number of unbranched alkanes of at least 4 members (excludes halogenated alkanes) is 2. The van der Waals surface area contributed by atoms with Crippen molar-refractivity contribution < 1.29 is 4.29 Å². The van der Waals surface area contributed by atoms with Gasteiger partial charge < -0.3 is 0 Å². The maximum atomic E-state index is 5.34. The van der Waals surface area contributed by atoms with Crippen molar-refractivity contribution in [2.45, 2.75) is 58.5 Å². The molecule has 0 aliphatic rings. The van der Waals surface area contributed by atoms with Crippen LogP contribution in [0.3, 0.4) is 0 Å². The average molecular weight is 179 g/mol. The Bertz CT molecular complexity index is 68.0. The second-order valence-corrected chi connectivity index (χ2v) is 3.17. The highest BCUT2D eigenvalue weighted by molar-refractivity contribution is 6.07. The summed E-state index contributed by atoms with van der Waals surface area (Å²) >= 11 is 5.34. The van der Waals surface area contributed by atoms with Gasteiger partial charge in [0, 0.05) is 0 Å². The predicted molar refractivity (Wildman–Crippen MR) is 49.8 cm³/mol. The molecule has 0 aliphatic carbocycles. The molecule has 0 saturated heterocycles. The van der Waals surface area contributed by atoms with Crippen LogP contribution in [0.5, 0.6) is 0 Å². The Labute approximate surface area is 75.2 Å². The van der Waals surface area contributed by atoms with Gasteiger partial charge in [0.05, 0.1) is 18.0 Å². The molecule has 0 unspecified atom stereocenters. The molecule has 11 heavy (non-hydrogen) atoms. The topological polar surface area (TPSA) is 9.23 Å². The van der Waals surface area contributed by atoms with Crippen LogP contribution in [-0.2, 0) is 4.29 Å². The fourth-order valence-electron chi connectivity index (χ4n) is 1.10. The molecule has 68 valence electrons. The van der Waals surface area contributed by atoms with Crippen LogP contribution in [0.4, 0.5) is 0 Å². The van der Waals surface area contributed by atoms with E-state index >= 15 is 0 Å². The average Bonchev–Trinajstić information content (AvgIpc) is 2.05. The van der Waals surface area contributed by atoms with Gasteiger partial charge in [0.2, 0.25) is 0 Å².